The predicted molar refractivity (Wildman–Crippen MR) is 117 cm³/mol. The summed E-state index contributed by atoms with van der Waals surface area (Å²) in [5.41, 5.74) is 1.67. The number of hydrogen-bond donors (Lipinski definition) is 0. The molecule has 30 heavy (non-hydrogen) atoms. The molecule has 8 heteroatoms. The van der Waals surface area contributed by atoms with E-state index in [1.54, 1.807) is 0 Å². The van der Waals surface area contributed by atoms with E-state index in [1.165, 1.54) is 0 Å². The normalized spacial score (nSPS) is 16.2. The fraction of sp³-hybridized carbons (Fsp3) is 0.409. The van der Waals surface area contributed by atoms with Crippen molar-refractivity contribution in [2.45, 2.75) is 39.2 Å². The zero-order valence-corrected chi connectivity index (χ0v) is 18.8. The highest BCUT2D eigenvalue weighted by molar-refractivity contribution is 9.10. The number of carbonyl (C=O) groups is 1. The number of hydrogen-bond acceptors (Lipinski definition) is 5. The maximum atomic E-state index is 13.3. The van der Waals surface area contributed by atoms with E-state index in [-0.39, 0.29) is 18.4 Å². The molecule has 1 aliphatic rings. The molecule has 0 bridgehead atoms. The molecule has 3 heterocycles. The number of likely N-dealkylation sites (tertiary alicyclic amines) is 1. The molecule has 0 saturated carbocycles. The molecule has 158 valence electrons. The van der Waals surface area contributed by atoms with E-state index < -0.39 is 0 Å². The third-order valence-electron chi connectivity index (χ3n) is 5.27. The molecule has 4 rings (SSSR count). The molecule has 0 spiro atoms. The summed E-state index contributed by atoms with van der Waals surface area (Å²) < 4.78 is 14.2. The van der Waals surface area contributed by atoms with Gasteiger partial charge < -0.3 is 14.4 Å². The van der Waals surface area contributed by atoms with Gasteiger partial charge in [-0.25, -0.2) is 0 Å². The van der Waals surface area contributed by atoms with E-state index in [0.29, 0.717) is 24.7 Å². The van der Waals surface area contributed by atoms with Crippen LogP contribution < -0.4 is 9.47 Å². The molecular weight excluding hydrogens is 448 g/mol. The zero-order chi connectivity index (χ0) is 21.1. The topological polar surface area (TPSA) is 69.0 Å². The van der Waals surface area contributed by atoms with Crippen LogP contribution in [0, 0.1) is 0 Å². The van der Waals surface area contributed by atoms with Crippen LogP contribution in [0.25, 0.3) is 5.65 Å². The van der Waals surface area contributed by atoms with Crippen LogP contribution in [0.4, 0.5) is 0 Å². The van der Waals surface area contributed by atoms with Gasteiger partial charge in [-0.2, -0.15) is 0 Å². The Morgan fingerprint density at radius 1 is 1.17 bits per heavy atom. The second-order valence-corrected chi connectivity index (χ2v) is 8.02. The Morgan fingerprint density at radius 2 is 1.93 bits per heavy atom. The molecule has 1 saturated heterocycles. The van der Waals surface area contributed by atoms with Crippen molar-refractivity contribution in [1.29, 1.82) is 0 Å². The van der Waals surface area contributed by atoms with Crippen molar-refractivity contribution in [3.63, 3.8) is 0 Å². The molecule has 1 aliphatic heterocycles. The lowest BCUT2D eigenvalue weighted by Gasteiger charge is -2.24. The number of halogens is 1. The van der Waals surface area contributed by atoms with Crippen molar-refractivity contribution >= 4 is 27.5 Å². The maximum absolute atomic E-state index is 13.3. The number of benzene rings is 1. The lowest BCUT2D eigenvalue weighted by atomic mass is 10.1. The van der Waals surface area contributed by atoms with Gasteiger partial charge in [-0.15, -0.1) is 10.2 Å². The molecule has 0 radical (unpaired) electrons. The molecule has 1 unspecified atom stereocenters. The van der Waals surface area contributed by atoms with Crippen LogP contribution >= 0.6 is 15.9 Å². The van der Waals surface area contributed by atoms with Crippen molar-refractivity contribution in [2.24, 2.45) is 0 Å². The highest BCUT2D eigenvalue weighted by Crippen LogP contribution is 2.36. The number of nitrogens with zero attached hydrogens (tertiary/aromatic N) is 4. The number of fused-ring (bicyclic) bond motifs is 1. The van der Waals surface area contributed by atoms with E-state index in [9.17, 15) is 4.79 Å². The molecule has 1 fully saturated rings. The molecular formula is C22H25BrN4O3. The summed E-state index contributed by atoms with van der Waals surface area (Å²) in [6, 6.07) is 9.52. The van der Waals surface area contributed by atoms with Crippen molar-refractivity contribution in [1.82, 2.24) is 19.5 Å². The largest absolute Gasteiger partial charge is 0.490 e. The zero-order valence-electron chi connectivity index (χ0n) is 17.2. The second kappa shape index (κ2) is 9.04. The number of pyridine rings is 1. The first kappa shape index (κ1) is 20.7. The number of ether oxygens (including phenoxy) is 2. The van der Waals surface area contributed by atoms with E-state index in [4.69, 9.17) is 9.47 Å². The van der Waals surface area contributed by atoms with Crippen LogP contribution in [0.2, 0.25) is 0 Å². The summed E-state index contributed by atoms with van der Waals surface area (Å²) in [5.74, 6) is 2.22. The smallest absolute Gasteiger partial charge is 0.227 e. The van der Waals surface area contributed by atoms with Gasteiger partial charge in [-0.05, 0) is 56.5 Å². The van der Waals surface area contributed by atoms with Gasteiger partial charge in [0.05, 0.1) is 25.7 Å². The Morgan fingerprint density at radius 3 is 2.70 bits per heavy atom. The van der Waals surface area contributed by atoms with E-state index in [1.807, 2.05) is 59.7 Å². The summed E-state index contributed by atoms with van der Waals surface area (Å²) in [5, 5.41) is 8.63. The van der Waals surface area contributed by atoms with Gasteiger partial charge in [0.25, 0.3) is 0 Å². The van der Waals surface area contributed by atoms with E-state index in [2.05, 4.69) is 26.1 Å². The van der Waals surface area contributed by atoms with Crippen LogP contribution in [0.3, 0.4) is 0 Å². The first-order valence-corrected chi connectivity index (χ1v) is 11.1. The van der Waals surface area contributed by atoms with Crippen molar-refractivity contribution in [3.05, 3.63) is 52.4 Å². The summed E-state index contributed by atoms with van der Waals surface area (Å²) in [4.78, 5) is 15.2. The molecule has 1 atom stereocenters. The van der Waals surface area contributed by atoms with Crippen LogP contribution in [-0.2, 0) is 11.2 Å². The quantitative estimate of drug-likeness (QED) is 0.515. The van der Waals surface area contributed by atoms with Crippen molar-refractivity contribution < 1.29 is 14.3 Å². The van der Waals surface area contributed by atoms with E-state index in [0.717, 1.165) is 40.9 Å². The standard InChI is InChI=1S/C22H25BrN4O3/c1-3-29-18-12-15(16(23)14-19(18)30-4-2)13-21(28)26-11-7-8-17(26)22-25-24-20-9-5-6-10-27(20)22/h5-6,9-10,12,14,17H,3-4,7-8,11,13H2,1-2H3. The van der Waals surface area contributed by atoms with Crippen LogP contribution in [0.5, 0.6) is 11.5 Å². The third kappa shape index (κ3) is 4.01. The van der Waals surface area contributed by atoms with Crippen LogP contribution in [-0.4, -0.2) is 45.2 Å². The van der Waals surface area contributed by atoms with Crippen LogP contribution in [0.1, 0.15) is 44.1 Å². The summed E-state index contributed by atoms with van der Waals surface area (Å²) in [6.45, 7) is 5.66. The molecule has 3 aromatic rings. The van der Waals surface area contributed by atoms with Gasteiger partial charge in [0.15, 0.2) is 23.0 Å². The van der Waals surface area contributed by atoms with Crippen molar-refractivity contribution in [3.8, 4) is 11.5 Å². The number of amides is 1. The average Bonchev–Trinajstić information content (AvgIpc) is 3.38. The molecule has 0 aliphatic carbocycles. The summed E-state index contributed by atoms with van der Waals surface area (Å²) in [7, 11) is 0. The van der Waals surface area contributed by atoms with Crippen molar-refractivity contribution in [2.75, 3.05) is 19.8 Å². The average molecular weight is 473 g/mol. The lowest BCUT2D eigenvalue weighted by molar-refractivity contribution is -0.131. The molecule has 1 amide bonds. The summed E-state index contributed by atoms with van der Waals surface area (Å²) in [6.07, 6.45) is 4.06. The minimum absolute atomic E-state index is 0.0669. The van der Waals surface area contributed by atoms with Gasteiger partial charge in [-0.3, -0.25) is 9.20 Å². The van der Waals surface area contributed by atoms with E-state index >= 15 is 0 Å². The summed E-state index contributed by atoms with van der Waals surface area (Å²) >= 11 is 3.59. The van der Waals surface area contributed by atoms with Gasteiger partial charge in [0.1, 0.15) is 0 Å². The fourth-order valence-corrected chi connectivity index (χ4v) is 4.40. The molecule has 2 aromatic heterocycles. The molecule has 0 N–H and O–H groups in total. The first-order valence-electron chi connectivity index (χ1n) is 10.3. The monoisotopic (exact) mass is 472 g/mol. The predicted octanol–water partition coefficient (Wildman–Crippen LogP) is 4.20. The Balaban J connectivity index is 1.58. The highest BCUT2D eigenvalue weighted by atomic mass is 79.9. The van der Waals surface area contributed by atoms with Gasteiger partial charge in [-0.1, -0.05) is 22.0 Å². The second-order valence-electron chi connectivity index (χ2n) is 7.17. The van der Waals surface area contributed by atoms with Gasteiger partial charge in [0, 0.05) is 17.2 Å². The highest BCUT2D eigenvalue weighted by Gasteiger charge is 2.33. The first-order chi connectivity index (χ1) is 14.6. The Kier molecular flexibility index (Phi) is 6.22. The van der Waals surface area contributed by atoms with Gasteiger partial charge >= 0.3 is 0 Å². The Hall–Kier alpha value is -2.61. The minimum Gasteiger partial charge on any atom is -0.490 e. The van der Waals surface area contributed by atoms with Gasteiger partial charge in [0.2, 0.25) is 5.91 Å². The number of aromatic nitrogens is 3. The number of carbonyl (C=O) groups excluding carboxylic acids is 1. The van der Waals surface area contributed by atoms with Crippen LogP contribution in [0.15, 0.2) is 41.0 Å². The minimum atomic E-state index is -0.0669. The maximum Gasteiger partial charge on any atom is 0.227 e. The SMILES string of the molecule is CCOc1cc(Br)c(CC(=O)N2CCCC2c2nnc3ccccn23)cc1OCC. The number of rotatable bonds is 7. The third-order valence-corrected chi connectivity index (χ3v) is 6.00. The fourth-order valence-electron chi connectivity index (χ4n) is 3.93. The Bertz CT molecular complexity index is 1050. The lowest BCUT2D eigenvalue weighted by Crippen LogP contribution is -2.32. The molecule has 1 aromatic carbocycles. The molecule has 7 nitrogen and oxygen atoms in total. The Labute approximate surface area is 184 Å².